The zero-order valence-electron chi connectivity index (χ0n) is 15.2. The molecule has 0 saturated carbocycles. The van der Waals surface area contributed by atoms with Crippen molar-refractivity contribution in [3.8, 4) is 0 Å². The number of carbonyl (C=O) groups excluding carboxylic acids is 1. The molecule has 0 saturated heterocycles. The lowest BCUT2D eigenvalue weighted by molar-refractivity contribution is -0.113. The van der Waals surface area contributed by atoms with E-state index in [9.17, 15) is 4.79 Å². The van der Waals surface area contributed by atoms with Gasteiger partial charge in [0.1, 0.15) is 0 Å². The summed E-state index contributed by atoms with van der Waals surface area (Å²) in [6.07, 6.45) is 11.3. The van der Waals surface area contributed by atoms with Gasteiger partial charge in [0.2, 0.25) is 0 Å². The molecule has 0 N–H and O–H groups in total. The van der Waals surface area contributed by atoms with Gasteiger partial charge >= 0.3 is 0 Å². The van der Waals surface area contributed by atoms with E-state index in [0.717, 1.165) is 29.6 Å². The first-order valence-electron chi connectivity index (χ1n) is 8.74. The molecule has 1 heteroatoms. The highest BCUT2D eigenvalue weighted by Crippen LogP contribution is 2.38. The molecule has 24 heavy (non-hydrogen) atoms. The lowest BCUT2D eigenvalue weighted by Gasteiger charge is -2.14. The minimum Gasteiger partial charge on any atom is -0.294 e. The maximum atomic E-state index is 12.2. The van der Waals surface area contributed by atoms with Gasteiger partial charge in [-0.15, -0.1) is 6.58 Å². The molecule has 0 fully saturated rings. The van der Waals surface area contributed by atoms with Crippen molar-refractivity contribution in [2.45, 2.75) is 52.4 Å². The summed E-state index contributed by atoms with van der Waals surface area (Å²) in [6.45, 7) is 13.9. The van der Waals surface area contributed by atoms with Crippen molar-refractivity contribution in [1.29, 1.82) is 0 Å². The predicted molar refractivity (Wildman–Crippen MR) is 104 cm³/mol. The van der Waals surface area contributed by atoms with Crippen LogP contribution in [0, 0.1) is 0 Å². The van der Waals surface area contributed by atoms with Crippen LogP contribution >= 0.6 is 0 Å². The number of hydrogen-bond donors (Lipinski definition) is 0. The fraction of sp³-hybridized carbons (Fsp3) is 0.348. The van der Waals surface area contributed by atoms with Crippen LogP contribution in [-0.4, -0.2) is 5.78 Å². The summed E-state index contributed by atoms with van der Waals surface area (Å²) < 4.78 is 0. The Morgan fingerprint density at radius 1 is 1.38 bits per heavy atom. The number of benzene rings is 1. The molecule has 0 heterocycles. The van der Waals surface area contributed by atoms with Gasteiger partial charge in [0, 0.05) is 6.42 Å². The first-order valence-corrected chi connectivity index (χ1v) is 8.74. The van der Waals surface area contributed by atoms with Crippen LogP contribution in [0.1, 0.15) is 61.8 Å². The van der Waals surface area contributed by atoms with Crippen molar-refractivity contribution in [2.24, 2.45) is 0 Å². The summed E-state index contributed by atoms with van der Waals surface area (Å²) >= 11 is 0. The molecule has 0 spiro atoms. The van der Waals surface area contributed by atoms with Gasteiger partial charge in [-0.1, -0.05) is 49.4 Å². The first-order chi connectivity index (χ1) is 11.5. The van der Waals surface area contributed by atoms with E-state index in [2.05, 4.69) is 32.2 Å². The monoisotopic (exact) mass is 320 g/mol. The quantitative estimate of drug-likeness (QED) is 0.344. The molecule has 126 valence electrons. The van der Waals surface area contributed by atoms with Crippen LogP contribution in [0.15, 0.2) is 55.2 Å². The van der Waals surface area contributed by atoms with Gasteiger partial charge in [-0.3, -0.25) is 4.79 Å². The zero-order valence-corrected chi connectivity index (χ0v) is 15.2. The fourth-order valence-corrected chi connectivity index (χ4v) is 3.56. The molecular weight excluding hydrogens is 292 g/mol. The highest BCUT2D eigenvalue weighted by Gasteiger charge is 2.22. The lowest BCUT2D eigenvalue weighted by Crippen LogP contribution is -1.99. The standard InChI is InChI=1S/C23H28O/c1-6-8-18(15-22(24)12-16(3)4)21-13-19(9-7-2)23-17(5)10-11-20(23)14-21/h6-8,13-15,17H,2-3,9-12H2,1,4-5H3/b8-6-,18-15+. The van der Waals surface area contributed by atoms with Crippen LogP contribution in [0.5, 0.6) is 0 Å². The van der Waals surface area contributed by atoms with Gasteiger partial charge in [-0.2, -0.15) is 0 Å². The van der Waals surface area contributed by atoms with E-state index in [1.807, 2.05) is 32.1 Å². The maximum Gasteiger partial charge on any atom is 0.160 e. The topological polar surface area (TPSA) is 17.1 Å². The van der Waals surface area contributed by atoms with Gasteiger partial charge in [0.05, 0.1) is 0 Å². The number of carbonyl (C=O) groups is 1. The Kier molecular flexibility index (Phi) is 6.14. The molecule has 1 aromatic rings. The van der Waals surface area contributed by atoms with Crippen molar-refractivity contribution in [3.05, 3.63) is 77.4 Å². The summed E-state index contributed by atoms with van der Waals surface area (Å²) in [5.74, 6) is 0.720. The van der Waals surface area contributed by atoms with Crippen molar-refractivity contribution < 1.29 is 4.79 Å². The van der Waals surface area contributed by atoms with Crippen LogP contribution in [0.3, 0.4) is 0 Å². The van der Waals surface area contributed by atoms with Crippen LogP contribution in [0.25, 0.3) is 5.57 Å². The van der Waals surface area contributed by atoms with Gasteiger partial charge in [0.25, 0.3) is 0 Å². The third-order valence-electron chi connectivity index (χ3n) is 4.53. The van der Waals surface area contributed by atoms with E-state index >= 15 is 0 Å². The van der Waals surface area contributed by atoms with Gasteiger partial charge in [-0.05, 0) is 72.9 Å². The predicted octanol–water partition coefficient (Wildman–Crippen LogP) is 5.96. The molecule has 1 unspecified atom stereocenters. The molecule has 1 aliphatic carbocycles. The Balaban J connectivity index is 2.49. The van der Waals surface area contributed by atoms with E-state index in [1.165, 1.54) is 23.1 Å². The Labute approximate surface area is 146 Å². The molecular formula is C23H28O. The highest BCUT2D eigenvalue weighted by atomic mass is 16.1. The van der Waals surface area contributed by atoms with Crippen LogP contribution in [0.2, 0.25) is 0 Å². The maximum absolute atomic E-state index is 12.2. The molecule has 1 aliphatic rings. The molecule has 0 bridgehead atoms. The second kappa shape index (κ2) is 8.10. The van der Waals surface area contributed by atoms with Crippen LogP contribution in [-0.2, 0) is 17.6 Å². The zero-order chi connectivity index (χ0) is 17.7. The molecule has 2 rings (SSSR count). The summed E-state index contributed by atoms with van der Waals surface area (Å²) in [5.41, 5.74) is 7.28. The number of allylic oxidation sites excluding steroid dienone is 6. The summed E-state index contributed by atoms with van der Waals surface area (Å²) in [7, 11) is 0. The lowest BCUT2D eigenvalue weighted by atomic mass is 9.90. The number of rotatable bonds is 7. The smallest absolute Gasteiger partial charge is 0.160 e. The van der Waals surface area contributed by atoms with E-state index in [-0.39, 0.29) is 5.78 Å². The SMILES string of the molecule is C=CCc1cc(C(/C=C\C)=C/C(=O)CC(=C)C)cc2c1C(C)CC2. The average molecular weight is 320 g/mol. The molecule has 0 amide bonds. The molecule has 0 aliphatic heterocycles. The minimum absolute atomic E-state index is 0.106. The van der Waals surface area contributed by atoms with Crippen LogP contribution < -0.4 is 0 Å². The van der Waals surface area contributed by atoms with Crippen molar-refractivity contribution >= 4 is 11.4 Å². The van der Waals surface area contributed by atoms with Gasteiger partial charge in [0.15, 0.2) is 5.78 Å². The second-order valence-electron chi connectivity index (χ2n) is 6.84. The number of ketones is 1. The van der Waals surface area contributed by atoms with Crippen LogP contribution in [0.4, 0.5) is 0 Å². The van der Waals surface area contributed by atoms with E-state index in [0.29, 0.717) is 12.3 Å². The summed E-state index contributed by atoms with van der Waals surface area (Å²) in [6, 6.07) is 4.51. The Hall–Kier alpha value is -2.15. The van der Waals surface area contributed by atoms with E-state index < -0.39 is 0 Å². The highest BCUT2D eigenvalue weighted by molar-refractivity contribution is 6.00. The minimum atomic E-state index is 0.106. The Morgan fingerprint density at radius 3 is 2.75 bits per heavy atom. The second-order valence-corrected chi connectivity index (χ2v) is 6.84. The molecule has 1 nitrogen and oxygen atoms in total. The molecule has 0 radical (unpaired) electrons. The normalized spacial score (nSPS) is 17.1. The summed E-state index contributed by atoms with van der Waals surface area (Å²) in [4.78, 5) is 12.2. The fourth-order valence-electron chi connectivity index (χ4n) is 3.56. The number of fused-ring (bicyclic) bond motifs is 1. The number of hydrogen-bond acceptors (Lipinski definition) is 1. The largest absolute Gasteiger partial charge is 0.294 e. The van der Waals surface area contributed by atoms with Crippen molar-refractivity contribution in [1.82, 2.24) is 0 Å². The van der Waals surface area contributed by atoms with Gasteiger partial charge < -0.3 is 0 Å². The van der Waals surface area contributed by atoms with E-state index in [4.69, 9.17) is 0 Å². The Bertz CT molecular complexity index is 716. The van der Waals surface area contributed by atoms with Gasteiger partial charge in [-0.25, -0.2) is 0 Å². The number of aryl methyl sites for hydroxylation is 1. The van der Waals surface area contributed by atoms with Crippen molar-refractivity contribution in [2.75, 3.05) is 0 Å². The first kappa shape index (κ1) is 18.2. The van der Waals surface area contributed by atoms with Crippen molar-refractivity contribution in [3.63, 3.8) is 0 Å². The molecule has 0 aromatic heterocycles. The third kappa shape index (κ3) is 4.23. The average Bonchev–Trinajstić information content (AvgIpc) is 2.88. The Morgan fingerprint density at radius 2 is 2.12 bits per heavy atom. The molecule has 1 atom stereocenters. The van der Waals surface area contributed by atoms with E-state index in [1.54, 1.807) is 6.08 Å². The third-order valence-corrected chi connectivity index (χ3v) is 4.53. The summed E-state index contributed by atoms with van der Waals surface area (Å²) in [5, 5.41) is 0. The molecule has 1 aromatic carbocycles.